The van der Waals surface area contributed by atoms with Crippen molar-refractivity contribution in [2.45, 2.75) is 48.8 Å². The number of rotatable bonds is 2. The second-order valence-corrected chi connectivity index (χ2v) is 10.8. The van der Waals surface area contributed by atoms with Crippen LogP contribution >= 0.6 is 0 Å². The van der Waals surface area contributed by atoms with Gasteiger partial charge in [0.2, 0.25) is 0 Å². The molecular formula is C19H21NO4S2. The average molecular weight is 392 g/mol. The van der Waals surface area contributed by atoms with Crippen molar-refractivity contribution >= 4 is 20.0 Å². The highest BCUT2D eigenvalue weighted by Gasteiger charge is 2.39. The Balaban J connectivity index is 2.14. The summed E-state index contributed by atoms with van der Waals surface area (Å²) in [5.74, 6) is 0. The molecule has 0 N–H and O–H groups in total. The minimum absolute atomic E-state index is 0.0575. The molecule has 138 valence electrons. The van der Waals surface area contributed by atoms with E-state index in [1.165, 1.54) is 0 Å². The molecule has 0 saturated carbocycles. The summed E-state index contributed by atoms with van der Waals surface area (Å²) < 4.78 is 54.2. The molecule has 0 fully saturated rings. The first-order chi connectivity index (χ1) is 12.3. The van der Waals surface area contributed by atoms with E-state index in [4.69, 9.17) is 0 Å². The molecular weight excluding hydrogens is 370 g/mol. The van der Waals surface area contributed by atoms with Crippen LogP contribution in [-0.2, 0) is 45.7 Å². The predicted octanol–water partition coefficient (Wildman–Crippen LogP) is 2.67. The Labute approximate surface area is 154 Å². The SMILES string of the molecule is CCCN1S(=O)(=O)c2cc3ccc2CCc2ccc(cc2S1(=O)=O)CC3. The smallest absolute Gasteiger partial charge is 0.206 e. The molecule has 5 nitrogen and oxygen atoms in total. The molecule has 2 aliphatic rings. The van der Waals surface area contributed by atoms with Gasteiger partial charge in [0.05, 0.1) is 9.79 Å². The van der Waals surface area contributed by atoms with Gasteiger partial charge in [-0.25, -0.2) is 16.8 Å². The lowest BCUT2D eigenvalue weighted by atomic mass is 9.96. The first-order valence-corrected chi connectivity index (χ1v) is 11.7. The van der Waals surface area contributed by atoms with E-state index >= 15 is 0 Å². The first kappa shape index (κ1) is 17.7. The van der Waals surface area contributed by atoms with E-state index in [0.717, 1.165) is 11.1 Å². The summed E-state index contributed by atoms with van der Waals surface area (Å²) >= 11 is 0. The summed E-state index contributed by atoms with van der Waals surface area (Å²) in [6.45, 7) is 1.72. The molecule has 2 heterocycles. The van der Waals surface area contributed by atoms with Gasteiger partial charge in [0.1, 0.15) is 0 Å². The highest BCUT2D eigenvalue weighted by Crippen LogP contribution is 2.34. The van der Waals surface area contributed by atoms with Crippen LogP contribution in [0.3, 0.4) is 0 Å². The van der Waals surface area contributed by atoms with Crippen LogP contribution in [0.5, 0.6) is 0 Å². The number of hydrogen-bond donors (Lipinski definition) is 0. The van der Waals surface area contributed by atoms with Gasteiger partial charge in [-0.3, -0.25) is 0 Å². The zero-order valence-corrected chi connectivity index (χ0v) is 16.2. The van der Waals surface area contributed by atoms with Gasteiger partial charge in [0.15, 0.2) is 0 Å². The van der Waals surface area contributed by atoms with E-state index in [1.807, 2.05) is 24.3 Å². The van der Waals surface area contributed by atoms with E-state index < -0.39 is 20.0 Å². The van der Waals surface area contributed by atoms with Crippen molar-refractivity contribution in [3.8, 4) is 0 Å². The van der Waals surface area contributed by atoms with Crippen LogP contribution in [0.4, 0.5) is 0 Å². The Bertz CT molecular complexity index is 1000. The van der Waals surface area contributed by atoms with Crippen LogP contribution in [0.1, 0.15) is 35.6 Å². The Morgan fingerprint density at radius 1 is 0.769 bits per heavy atom. The number of benzene rings is 2. The van der Waals surface area contributed by atoms with E-state index in [2.05, 4.69) is 0 Å². The molecule has 0 atom stereocenters. The first-order valence-electron chi connectivity index (χ1n) is 8.85. The predicted molar refractivity (Wildman–Crippen MR) is 99.1 cm³/mol. The summed E-state index contributed by atoms with van der Waals surface area (Å²) in [6.07, 6.45) is 2.76. The molecule has 4 rings (SSSR count). The lowest BCUT2D eigenvalue weighted by Crippen LogP contribution is -2.38. The molecule has 4 bridgehead atoms. The average Bonchev–Trinajstić information content (AvgIpc) is 2.62. The number of aryl methyl sites for hydroxylation is 4. The van der Waals surface area contributed by atoms with E-state index in [0.29, 0.717) is 46.9 Å². The number of sulfonamides is 2. The van der Waals surface area contributed by atoms with Crippen molar-refractivity contribution in [1.82, 2.24) is 3.71 Å². The Hall–Kier alpha value is -1.70. The minimum Gasteiger partial charge on any atom is -0.206 e. The van der Waals surface area contributed by atoms with Gasteiger partial charge in [0, 0.05) is 6.54 Å². The maximum absolute atomic E-state index is 13.4. The fourth-order valence-corrected chi connectivity index (χ4v) is 8.14. The van der Waals surface area contributed by atoms with Crippen molar-refractivity contribution in [2.24, 2.45) is 0 Å². The number of fused-ring (bicyclic) bond motifs is 4. The van der Waals surface area contributed by atoms with Gasteiger partial charge in [-0.05, 0) is 66.5 Å². The Morgan fingerprint density at radius 3 is 1.65 bits per heavy atom. The minimum atomic E-state index is -4.14. The van der Waals surface area contributed by atoms with E-state index in [-0.39, 0.29) is 16.3 Å². The third kappa shape index (κ3) is 2.69. The van der Waals surface area contributed by atoms with Crippen LogP contribution in [0, 0.1) is 0 Å². The lowest BCUT2D eigenvalue weighted by molar-refractivity contribution is 0.494. The van der Waals surface area contributed by atoms with Crippen molar-refractivity contribution in [3.05, 3.63) is 58.7 Å². The largest absolute Gasteiger partial charge is 0.256 e. The zero-order valence-electron chi connectivity index (χ0n) is 14.6. The van der Waals surface area contributed by atoms with Crippen molar-refractivity contribution in [1.29, 1.82) is 0 Å². The summed E-state index contributed by atoms with van der Waals surface area (Å²) in [6, 6.07) is 10.9. The maximum atomic E-state index is 13.4. The lowest BCUT2D eigenvalue weighted by Gasteiger charge is -2.22. The Morgan fingerprint density at radius 2 is 1.23 bits per heavy atom. The molecule has 2 aromatic carbocycles. The molecule has 2 aliphatic heterocycles. The van der Waals surface area contributed by atoms with Crippen molar-refractivity contribution in [2.75, 3.05) is 6.54 Å². The van der Waals surface area contributed by atoms with Crippen molar-refractivity contribution < 1.29 is 16.8 Å². The molecule has 0 amide bonds. The van der Waals surface area contributed by atoms with Gasteiger partial charge >= 0.3 is 0 Å². The quantitative estimate of drug-likeness (QED) is 0.789. The highest BCUT2D eigenvalue weighted by molar-refractivity contribution is 8.04. The number of hydrogen-bond acceptors (Lipinski definition) is 4. The molecule has 7 heteroatoms. The van der Waals surface area contributed by atoms with Gasteiger partial charge in [-0.2, -0.15) is 0 Å². The molecule has 0 saturated heterocycles. The normalized spacial score (nSPS) is 20.5. The summed E-state index contributed by atoms with van der Waals surface area (Å²) in [4.78, 5) is 0.279. The van der Waals surface area contributed by atoms with E-state index in [9.17, 15) is 16.8 Å². The highest BCUT2D eigenvalue weighted by atomic mass is 32.3. The van der Waals surface area contributed by atoms with Crippen LogP contribution < -0.4 is 0 Å². The third-order valence-corrected chi connectivity index (χ3v) is 9.61. The fraction of sp³-hybridized carbons (Fsp3) is 0.368. The molecule has 0 spiro atoms. The second-order valence-electron chi connectivity index (χ2n) is 6.89. The van der Waals surface area contributed by atoms with Gasteiger partial charge < -0.3 is 0 Å². The van der Waals surface area contributed by atoms with Gasteiger partial charge in [-0.1, -0.05) is 34.9 Å². The summed E-state index contributed by atoms with van der Waals surface area (Å²) in [5, 5.41) is 0. The van der Waals surface area contributed by atoms with Crippen LogP contribution in [0.15, 0.2) is 46.2 Å². The molecule has 0 radical (unpaired) electrons. The monoisotopic (exact) mass is 391 g/mol. The van der Waals surface area contributed by atoms with Crippen molar-refractivity contribution in [3.63, 3.8) is 0 Å². The Kier molecular flexibility index (Phi) is 4.21. The number of nitrogens with zero attached hydrogens (tertiary/aromatic N) is 1. The van der Waals surface area contributed by atoms with Gasteiger partial charge in [0.25, 0.3) is 20.0 Å². The summed E-state index contributed by atoms with van der Waals surface area (Å²) in [7, 11) is -8.29. The van der Waals surface area contributed by atoms with Gasteiger partial charge in [-0.15, -0.1) is 0 Å². The molecule has 0 aromatic heterocycles. The topological polar surface area (TPSA) is 71.5 Å². The van der Waals surface area contributed by atoms with Crippen LogP contribution in [-0.4, -0.2) is 27.1 Å². The summed E-state index contributed by atoms with van der Waals surface area (Å²) in [5.41, 5.74) is 3.19. The zero-order chi connectivity index (χ0) is 18.5. The fourth-order valence-electron chi connectivity index (χ4n) is 3.73. The maximum Gasteiger partial charge on any atom is 0.256 e. The van der Waals surface area contributed by atoms with E-state index in [1.54, 1.807) is 19.1 Å². The second kappa shape index (κ2) is 6.18. The molecule has 26 heavy (non-hydrogen) atoms. The van der Waals surface area contributed by atoms with Crippen LogP contribution in [0.25, 0.3) is 0 Å². The molecule has 2 aromatic rings. The molecule has 0 aliphatic carbocycles. The van der Waals surface area contributed by atoms with Crippen LogP contribution in [0.2, 0.25) is 0 Å². The standard InChI is InChI=1S/C19H21NO4S2/c1-2-11-20-25(21,22)18-12-14-3-4-15-6-8-17(10-9-16(18)7-5-14)19(13-15)26(20,23)24/h5-8,12-13H,2-4,9-11H2,1H3. The third-order valence-electron chi connectivity index (χ3n) is 5.13. The molecule has 0 unspecified atom stereocenters.